The summed E-state index contributed by atoms with van der Waals surface area (Å²) in [6.45, 7) is 4.28. The monoisotopic (exact) mass is 408 g/mol. The lowest BCUT2D eigenvalue weighted by Gasteiger charge is -2.23. The molecule has 0 bridgehead atoms. The topological polar surface area (TPSA) is 66.5 Å². The average molecular weight is 409 g/mol. The summed E-state index contributed by atoms with van der Waals surface area (Å²) in [4.78, 5) is 13.1. The molecule has 3 aromatic rings. The van der Waals surface area contributed by atoms with Crippen LogP contribution in [0.15, 0.2) is 65.6 Å². The SMILES string of the molecule is Cc1cc(C)cc(NC(=O)[C@H]2CCCN2S(=O)(=O)c2ccc3ccccc3c2)c1. The molecule has 1 atom stereocenters. The van der Waals surface area contributed by atoms with Gasteiger partial charge in [0.25, 0.3) is 0 Å². The zero-order valence-corrected chi connectivity index (χ0v) is 17.4. The Morgan fingerprint density at radius 3 is 2.38 bits per heavy atom. The number of anilines is 1. The molecule has 1 N–H and O–H groups in total. The van der Waals surface area contributed by atoms with Crippen molar-refractivity contribution in [3.8, 4) is 0 Å². The lowest BCUT2D eigenvalue weighted by molar-refractivity contribution is -0.119. The Morgan fingerprint density at radius 1 is 0.966 bits per heavy atom. The van der Waals surface area contributed by atoms with E-state index < -0.39 is 16.1 Å². The first-order valence-electron chi connectivity index (χ1n) is 9.74. The fourth-order valence-electron chi connectivity index (χ4n) is 4.03. The van der Waals surface area contributed by atoms with Crippen molar-refractivity contribution in [1.82, 2.24) is 4.31 Å². The van der Waals surface area contributed by atoms with Gasteiger partial charge < -0.3 is 5.32 Å². The highest BCUT2D eigenvalue weighted by Gasteiger charge is 2.39. The van der Waals surface area contributed by atoms with Crippen molar-refractivity contribution in [3.05, 3.63) is 71.8 Å². The van der Waals surface area contributed by atoms with Crippen LogP contribution in [-0.4, -0.2) is 31.2 Å². The minimum Gasteiger partial charge on any atom is -0.325 e. The van der Waals surface area contributed by atoms with Crippen LogP contribution in [-0.2, 0) is 14.8 Å². The molecule has 0 spiro atoms. The molecule has 1 saturated heterocycles. The average Bonchev–Trinajstić information content (AvgIpc) is 3.18. The molecule has 0 aliphatic carbocycles. The van der Waals surface area contributed by atoms with Crippen LogP contribution < -0.4 is 5.32 Å². The standard InChI is InChI=1S/C23H24N2O3S/c1-16-12-17(2)14-20(13-16)24-23(26)22-8-5-11-25(22)29(27,28)21-10-9-18-6-3-4-7-19(18)15-21/h3-4,6-7,9-10,12-15,22H,5,8,11H2,1-2H3,(H,24,26)/t22-/m1/s1. The van der Waals surface area contributed by atoms with Crippen LogP contribution in [0.25, 0.3) is 10.8 Å². The number of nitrogens with zero attached hydrogens (tertiary/aromatic N) is 1. The number of fused-ring (bicyclic) bond motifs is 1. The Bertz CT molecular complexity index is 1170. The van der Waals surface area contributed by atoms with E-state index in [4.69, 9.17) is 0 Å². The predicted octanol–water partition coefficient (Wildman–Crippen LogP) is 4.25. The Hall–Kier alpha value is -2.70. The summed E-state index contributed by atoms with van der Waals surface area (Å²) in [5, 5.41) is 4.75. The van der Waals surface area contributed by atoms with Crippen LogP contribution in [0, 0.1) is 13.8 Å². The maximum atomic E-state index is 13.3. The summed E-state index contributed by atoms with van der Waals surface area (Å²) in [5.41, 5.74) is 2.79. The molecule has 0 saturated carbocycles. The van der Waals surface area contributed by atoms with E-state index >= 15 is 0 Å². The molecule has 1 amide bonds. The van der Waals surface area contributed by atoms with Crippen molar-refractivity contribution >= 4 is 32.4 Å². The Balaban J connectivity index is 1.61. The molecule has 6 heteroatoms. The largest absolute Gasteiger partial charge is 0.325 e. The van der Waals surface area contributed by atoms with Crippen LogP contribution >= 0.6 is 0 Å². The van der Waals surface area contributed by atoms with E-state index in [9.17, 15) is 13.2 Å². The highest BCUT2D eigenvalue weighted by molar-refractivity contribution is 7.89. The van der Waals surface area contributed by atoms with Gasteiger partial charge in [-0.15, -0.1) is 0 Å². The highest BCUT2D eigenvalue weighted by atomic mass is 32.2. The van der Waals surface area contributed by atoms with E-state index in [0.717, 1.165) is 21.9 Å². The van der Waals surface area contributed by atoms with E-state index in [-0.39, 0.29) is 10.8 Å². The van der Waals surface area contributed by atoms with Gasteiger partial charge in [-0.25, -0.2) is 8.42 Å². The number of benzene rings is 3. The Labute approximate surface area is 171 Å². The third kappa shape index (κ3) is 3.91. The molecular formula is C23H24N2O3S. The number of carbonyl (C=O) groups excluding carboxylic acids is 1. The lowest BCUT2D eigenvalue weighted by atomic mass is 10.1. The summed E-state index contributed by atoms with van der Waals surface area (Å²) in [6.07, 6.45) is 1.18. The number of nitrogens with one attached hydrogen (secondary N) is 1. The van der Waals surface area contributed by atoms with Crippen molar-refractivity contribution < 1.29 is 13.2 Å². The molecule has 29 heavy (non-hydrogen) atoms. The van der Waals surface area contributed by atoms with Gasteiger partial charge in [-0.1, -0.05) is 36.4 Å². The summed E-state index contributed by atoms with van der Waals surface area (Å²) in [5.74, 6) is -0.281. The van der Waals surface area contributed by atoms with Crippen LogP contribution in [0.5, 0.6) is 0 Å². The lowest BCUT2D eigenvalue weighted by Crippen LogP contribution is -2.43. The molecule has 0 radical (unpaired) electrons. The van der Waals surface area contributed by atoms with E-state index in [1.807, 2.05) is 62.4 Å². The molecule has 0 aromatic heterocycles. The van der Waals surface area contributed by atoms with E-state index in [1.54, 1.807) is 12.1 Å². The maximum absolute atomic E-state index is 13.3. The van der Waals surface area contributed by atoms with Gasteiger partial charge in [0, 0.05) is 12.2 Å². The van der Waals surface area contributed by atoms with E-state index in [0.29, 0.717) is 25.1 Å². The molecule has 5 nitrogen and oxygen atoms in total. The Kier molecular flexibility index (Phi) is 5.15. The molecular weight excluding hydrogens is 384 g/mol. The fraction of sp³-hybridized carbons (Fsp3) is 0.261. The predicted molar refractivity (Wildman–Crippen MR) is 115 cm³/mol. The first-order chi connectivity index (χ1) is 13.8. The second-order valence-electron chi connectivity index (χ2n) is 7.65. The molecule has 1 aliphatic heterocycles. The van der Waals surface area contributed by atoms with Crippen LogP contribution in [0.3, 0.4) is 0 Å². The number of amides is 1. The van der Waals surface area contributed by atoms with Gasteiger partial charge in [0.2, 0.25) is 15.9 Å². The van der Waals surface area contributed by atoms with Gasteiger partial charge in [-0.2, -0.15) is 4.31 Å². The molecule has 150 valence electrons. The van der Waals surface area contributed by atoms with Crippen LogP contribution in [0.2, 0.25) is 0 Å². The quantitative estimate of drug-likeness (QED) is 0.702. The van der Waals surface area contributed by atoms with Gasteiger partial charge in [0.05, 0.1) is 4.90 Å². The molecule has 3 aromatic carbocycles. The molecule has 4 rings (SSSR count). The normalized spacial score (nSPS) is 17.5. The van der Waals surface area contributed by atoms with Crippen molar-refractivity contribution in [1.29, 1.82) is 0 Å². The van der Waals surface area contributed by atoms with Crippen molar-refractivity contribution in [2.45, 2.75) is 37.6 Å². The van der Waals surface area contributed by atoms with Gasteiger partial charge in [0.15, 0.2) is 0 Å². The fourth-order valence-corrected chi connectivity index (χ4v) is 5.72. The molecule has 1 aliphatic rings. The number of rotatable bonds is 4. The number of aryl methyl sites for hydroxylation is 2. The van der Waals surface area contributed by atoms with E-state index in [1.165, 1.54) is 4.31 Å². The second-order valence-corrected chi connectivity index (χ2v) is 9.54. The van der Waals surface area contributed by atoms with Crippen LogP contribution in [0.4, 0.5) is 5.69 Å². The van der Waals surface area contributed by atoms with Crippen molar-refractivity contribution in [2.24, 2.45) is 0 Å². The molecule has 1 heterocycles. The van der Waals surface area contributed by atoms with Crippen molar-refractivity contribution in [3.63, 3.8) is 0 Å². The first-order valence-corrected chi connectivity index (χ1v) is 11.2. The third-order valence-corrected chi connectivity index (χ3v) is 7.23. The Morgan fingerprint density at radius 2 is 1.66 bits per heavy atom. The number of carbonyl (C=O) groups is 1. The molecule has 0 unspecified atom stereocenters. The van der Waals surface area contributed by atoms with Crippen molar-refractivity contribution in [2.75, 3.05) is 11.9 Å². The summed E-state index contributed by atoms with van der Waals surface area (Å²) in [6, 6.07) is 17.9. The van der Waals surface area contributed by atoms with Gasteiger partial charge in [-0.05, 0) is 72.9 Å². The zero-order valence-electron chi connectivity index (χ0n) is 16.6. The number of sulfonamides is 1. The maximum Gasteiger partial charge on any atom is 0.243 e. The highest BCUT2D eigenvalue weighted by Crippen LogP contribution is 2.29. The number of hydrogen-bond acceptors (Lipinski definition) is 3. The van der Waals surface area contributed by atoms with E-state index in [2.05, 4.69) is 5.32 Å². The second kappa shape index (κ2) is 7.61. The number of hydrogen-bond donors (Lipinski definition) is 1. The summed E-state index contributed by atoms with van der Waals surface area (Å²) < 4.78 is 27.9. The summed E-state index contributed by atoms with van der Waals surface area (Å²) in [7, 11) is -3.76. The minimum absolute atomic E-state index is 0.224. The van der Waals surface area contributed by atoms with Crippen LogP contribution in [0.1, 0.15) is 24.0 Å². The first kappa shape index (κ1) is 19.6. The third-order valence-electron chi connectivity index (χ3n) is 5.32. The smallest absolute Gasteiger partial charge is 0.243 e. The van der Waals surface area contributed by atoms with Gasteiger partial charge >= 0.3 is 0 Å². The minimum atomic E-state index is -3.76. The molecule has 1 fully saturated rings. The van der Waals surface area contributed by atoms with Gasteiger partial charge in [0.1, 0.15) is 6.04 Å². The zero-order chi connectivity index (χ0) is 20.6. The van der Waals surface area contributed by atoms with Gasteiger partial charge in [-0.3, -0.25) is 4.79 Å². The summed E-state index contributed by atoms with van der Waals surface area (Å²) >= 11 is 0.